The van der Waals surface area contributed by atoms with Gasteiger partial charge in [0.05, 0.1) is 28.0 Å². The molecule has 0 amide bonds. The monoisotopic (exact) mass is 493 g/mol. The molecule has 0 fully saturated rings. The molecule has 4 nitrogen and oxygen atoms in total. The zero-order valence-electron chi connectivity index (χ0n) is 18.6. The van der Waals surface area contributed by atoms with E-state index in [9.17, 15) is 13.2 Å². The third kappa shape index (κ3) is 4.59. The number of hydrogen-bond acceptors (Lipinski definition) is 3. The predicted molar refractivity (Wildman–Crippen MR) is 130 cm³/mol. The summed E-state index contributed by atoms with van der Waals surface area (Å²) in [5.41, 5.74) is 1.84. The van der Waals surface area contributed by atoms with Gasteiger partial charge in [-0.3, -0.25) is 0 Å². The number of aryl methyl sites for hydroxylation is 1. The summed E-state index contributed by atoms with van der Waals surface area (Å²) in [7, 11) is 0. The van der Waals surface area contributed by atoms with E-state index in [0.717, 1.165) is 11.6 Å². The predicted octanol–water partition coefficient (Wildman–Crippen LogP) is 7.65. The van der Waals surface area contributed by atoms with Crippen LogP contribution in [0.5, 0.6) is 5.75 Å². The van der Waals surface area contributed by atoms with Crippen molar-refractivity contribution in [2.24, 2.45) is 0 Å². The smallest absolute Gasteiger partial charge is 0.417 e. The van der Waals surface area contributed by atoms with E-state index in [2.05, 4.69) is 10.1 Å². The van der Waals surface area contributed by atoms with E-state index < -0.39 is 11.7 Å². The maximum Gasteiger partial charge on any atom is 0.417 e. The molecule has 5 rings (SSSR count). The van der Waals surface area contributed by atoms with Gasteiger partial charge in [-0.25, -0.2) is 9.67 Å². The number of benzene rings is 3. The number of halogens is 4. The van der Waals surface area contributed by atoms with Crippen molar-refractivity contribution >= 4 is 22.6 Å². The van der Waals surface area contributed by atoms with Crippen LogP contribution in [-0.2, 0) is 12.8 Å². The second kappa shape index (κ2) is 9.07. The number of alkyl halides is 3. The molecule has 0 spiro atoms. The molecule has 8 heteroatoms. The molecular formula is C27H19ClF3N3O. The molecule has 0 N–H and O–H groups in total. The maximum atomic E-state index is 14.1. The number of hydrogen-bond donors (Lipinski definition) is 0. The molecule has 0 aliphatic heterocycles. The first-order valence-electron chi connectivity index (χ1n) is 10.8. The van der Waals surface area contributed by atoms with Crippen molar-refractivity contribution in [1.82, 2.24) is 14.8 Å². The Hall–Kier alpha value is -3.84. The van der Waals surface area contributed by atoms with Gasteiger partial charge in [0.1, 0.15) is 12.4 Å². The highest BCUT2D eigenvalue weighted by atomic mass is 35.5. The van der Waals surface area contributed by atoms with Gasteiger partial charge in [0.15, 0.2) is 5.65 Å². The van der Waals surface area contributed by atoms with Crippen molar-refractivity contribution in [3.05, 3.63) is 107 Å². The van der Waals surface area contributed by atoms with E-state index in [1.807, 2.05) is 24.3 Å². The van der Waals surface area contributed by atoms with Crippen LogP contribution in [0.15, 0.2) is 84.9 Å². The number of para-hydroxylation sites is 1. The van der Waals surface area contributed by atoms with Crippen LogP contribution in [0.3, 0.4) is 0 Å². The Kier molecular flexibility index (Phi) is 5.94. The van der Waals surface area contributed by atoms with Gasteiger partial charge in [-0.2, -0.15) is 18.3 Å². The van der Waals surface area contributed by atoms with E-state index in [-0.39, 0.29) is 29.0 Å². The van der Waals surface area contributed by atoms with E-state index in [1.165, 1.54) is 4.68 Å². The minimum absolute atomic E-state index is 0.00945. The van der Waals surface area contributed by atoms with Gasteiger partial charge in [0, 0.05) is 16.1 Å². The quantitative estimate of drug-likeness (QED) is 0.252. The number of nitrogens with zero attached hydrogens (tertiary/aromatic N) is 3. The summed E-state index contributed by atoms with van der Waals surface area (Å²) in [4.78, 5) is 4.59. The maximum absolute atomic E-state index is 14.1. The normalized spacial score (nSPS) is 11.7. The topological polar surface area (TPSA) is 39.9 Å². The largest absolute Gasteiger partial charge is 0.489 e. The van der Waals surface area contributed by atoms with Crippen LogP contribution in [0.1, 0.15) is 16.8 Å². The fourth-order valence-electron chi connectivity index (χ4n) is 3.91. The first-order valence-corrected chi connectivity index (χ1v) is 11.2. The van der Waals surface area contributed by atoms with Gasteiger partial charge >= 0.3 is 6.18 Å². The molecule has 2 aromatic heterocycles. The average Bonchev–Trinajstić information content (AvgIpc) is 3.19. The minimum atomic E-state index is -4.57. The van der Waals surface area contributed by atoms with Gasteiger partial charge < -0.3 is 4.74 Å². The summed E-state index contributed by atoms with van der Waals surface area (Å²) in [6, 6.07) is 24.2. The first-order chi connectivity index (χ1) is 16.8. The standard InChI is InChI=1S/C27H19ClF3N3O/c1-17-25-22(27(29,30)31)15-24(32-26(25)34(33-17)20-8-3-2-4-9-20)18-11-13-21(14-12-18)35-16-19-7-5-6-10-23(19)28/h2-15H,16H2,1H3. The van der Waals surface area contributed by atoms with Crippen molar-refractivity contribution in [1.29, 1.82) is 0 Å². The van der Waals surface area contributed by atoms with Crippen LogP contribution in [-0.4, -0.2) is 14.8 Å². The van der Waals surface area contributed by atoms with Crippen molar-refractivity contribution in [3.63, 3.8) is 0 Å². The van der Waals surface area contributed by atoms with Crippen molar-refractivity contribution in [2.45, 2.75) is 19.7 Å². The number of pyridine rings is 1. The summed E-state index contributed by atoms with van der Waals surface area (Å²) >= 11 is 6.17. The zero-order valence-corrected chi connectivity index (χ0v) is 19.3. The van der Waals surface area contributed by atoms with Crippen LogP contribution in [0.4, 0.5) is 13.2 Å². The summed E-state index contributed by atoms with van der Waals surface area (Å²) in [5, 5.41) is 4.96. The third-order valence-electron chi connectivity index (χ3n) is 5.62. The second-order valence-electron chi connectivity index (χ2n) is 7.99. The first kappa shape index (κ1) is 22.9. The molecule has 0 unspecified atom stereocenters. The Balaban J connectivity index is 1.54. The number of fused-ring (bicyclic) bond motifs is 1. The fraction of sp³-hybridized carbons (Fsp3) is 0.111. The van der Waals surface area contributed by atoms with Gasteiger partial charge in [0.25, 0.3) is 0 Å². The second-order valence-corrected chi connectivity index (χ2v) is 8.40. The Morgan fingerprint density at radius 1 is 0.914 bits per heavy atom. The third-order valence-corrected chi connectivity index (χ3v) is 5.99. The molecule has 0 atom stereocenters. The fourth-order valence-corrected chi connectivity index (χ4v) is 4.10. The average molecular weight is 494 g/mol. The molecular weight excluding hydrogens is 475 g/mol. The Morgan fingerprint density at radius 2 is 1.60 bits per heavy atom. The molecule has 0 saturated heterocycles. The van der Waals surface area contributed by atoms with E-state index in [4.69, 9.17) is 16.3 Å². The molecule has 0 bridgehead atoms. The zero-order chi connectivity index (χ0) is 24.6. The highest BCUT2D eigenvalue weighted by Crippen LogP contribution is 2.39. The van der Waals surface area contributed by atoms with Crippen molar-refractivity contribution in [3.8, 4) is 22.7 Å². The lowest BCUT2D eigenvalue weighted by Gasteiger charge is -2.12. The van der Waals surface area contributed by atoms with Gasteiger partial charge in [-0.05, 0) is 55.5 Å². The molecule has 0 aliphatic rings. The number of aromatic nitrogens is 3. The highest BCUT2D eigenvalue weighted by molar-refractivity contribution is 6.31. The molecule has 2 heterocycles. The lowest BCUT2D eigenvalue weighted by atomic mass is 10.0. The Labute approximate surface area is 204 Å². The molecule has 5 aromatic rings. The van der Waals surface area contributed by atoms with Gasteiger partial charge in [0.2, 0.25) is 0 Å². The summed E-state index contributed by atoms with van der Waals surface area (Å²) < 4.78 is 49.4. The molecule has 0 radical (unpaired) electrons. The van der Waals surface area contributed by atoms with Gasteiger partial charge in [-0.15, -0.1) is 0 Å². The number of ether oxygens (including phenoxy) is 1. The van der Waals surface area contributed by atoms with Gasteiger partial charge in [-0.1, -0.05) is 48.0 Å². The Morgan fingerprint density at radius 3 is 2.29 bits per heavy atom. The van der Waals surface area contributed by atoms with Crippen LogP contribution in [0, 0.1) is 6.92 Å². The van der Waals surface area contributed by atoms with Crippen molar-refractivity contribution < 1.29 is 17.9 Å². The molecule has 35 heavy (non-hydrogen) atoms. The minimum Gasteiger partial charge on any atom is -0.489 e. The van der Waals surface area contributed by atoms with E-state index >= 15 is 0 Å². The summed E-state index contributed by atoms with van der Waals surface area (Å²) in [6.45, 7) is 1.83. The molecule has 3 aromatic carbocycles. The molecule has 0 aliphatic carbocycles. The summed E-state index contributed by atoms with van der Waals surface area (Å²) in [6.07, 6.45) is -4.57. The van der Waals surface area contributed by atoms with E-state index in [0.29, 0.717) is 22.0 Å². The van der Waals surface area contributed by atoms with Crippen LogP contribution >= 0.6 is 11.6 Å². The van der Waals surface area contributed by atoms with Crippen LogP contribution in [0.2, 0.25) is 5.02 Å². The van der Waals surface area contributed by atoms with Crippen LogP contribution < -0.4 is 4.74 Å². The summed E-state index contributed by atoms with van der Waals surface area (Å²) in [5.74, 6) is 0.566. The van der Waals surface area contributed by atoms with E-state index in [1.54, 1.807) is 61.5 Å². The molecule has 0 saturated carbocycles. The Bertz CT molecular complexity index is 1500. The van der Waals surface area contributed by atoms with Crippen LogP contribution in [0.25, 0.3) is 28.0 Å². The highest BCUT2D eigenvalue weighted by Gasteiger charge is 2.35. The SMILES string of the molecule is Cc1nn(-c2ccccc2)c2nc(-c3ccc(OCc4ccccc4Cl)cc3)cc(C(F)(F)F)c12. The molecule has 176 valence electrons. The number of rotatable bonds is 5. The lowest BCUT2D eigenvalue weighted by molar-refractivity contribution is -0.136. The lowest BCUT2D eigenvalue weighted by Crippen LogP contribution is -2.08. The van der Waals surface area contributed by atoms with Crippen molar-refractivity contribution in [2.75, 3.05) is 0 Å².